The first-order valence-electron chi connectivity index (χ1n) is 9.60. The summed E-state index contributed by atoms with van der Waals surface area (Å²) < 4.78 is 21.0. The molecule has 0 saturated carbocycles. The molecule has 1 heterocycles. The van der Waals surface area contributed by atoms with Crippen molar-refractivity contribution in [1.82, 2.24) is 4.90 Å². The van der Waals surface area contributed by atoms with Crippen LogP contribution in [0.2, 0.25) is 0 Å². The van der Waals surface area contributed by atoms with Crippen LogP contribution in [0.1, 0.15) is 17.2 Å². The Bertz CT molecular complexity index is 1010. The van der Waals surface area contributed by atoms with E-state index in [4.69, 9.17) is 18.9 Å². The summed E-state index contributed by atoms with van der Waals surface area (Å²) in [5.41, 5.74) is 0.952. The van der Waals surface area contributed by atoms with Crippen molar-refractivity contribution in [3.8, 4) is 17.2 Å². The number of aliphatic hydroxyl groups is 1. The average molecular weight is 427 g/mol. The van der Waals surface area contributed by atoms with Crippen molar-refractivity contribution in [3.05, 3.63) is 59.2 Å². The molecule has 1 fully saturated rings. The first-order chi connectivity index (χ1) is 15.0. The Balaban J connectivity index is 2.19. The first-order valence-corrected chi connectivity index (χ1v) is 9.60. The lowest BCUT2D eigenvalue weighted by Crippen LogP contribution is -2.32. The van der Waals surface area contributed by atoms with E-state index in [0.717, 1.165) is 0 Å². The molecule has 0 aliphatic carbocycles. The molecule has 0 radical (unpaired) electrons. The number of hydrogen-bond donors (Lipinski definition) is 1. The lowest BCUT2D eigenvalue weighted by atomic mass is 9.95. The third-order valence-corrected chi connectivity index (χ3v) is 5.14. The average Bonchev–Trinajstić information content (AvgIpc) is 3.06. The molecule has 1 aliphatic rings. The van der Waals surface area contributed by atoms with Gasteiger partial charge in [-0.2, -0.15) is 0 Å². The molecule has 1 unspecified atom stereocenters. The van der Waals surface area contributed by atoms with Gasteiger partial charge in [0.25, 0.3) is 11.7 Å². The van der Waals surface area contributed by atoms with Crippen LogP contribution in [0.25, 0.3) is 5.76 Å². The smallest absolute Gasteiger partial charge is 0.295 e. The summed E-state index contributed by atoms with van der Waals surface area (Å²) in [6.45, 7) is 0.408. The minimum Gasteiger partial charge on any atom is -0.507 e. The van der Waals surface area contributed by atoms with Gasteiger partial charge in [-0.1, -0.05) is 18.2 Å². The monoisotopic (exact) mass is 427 g/mol. The molecule has 164 valence electrons. The van der Waals surface area contributed by atoms with Crippen LogP contribution in [0.3, 0.4) is 0 Å². The summed E-state index contributed by atoms with van der Waals surface area (Å²) in [5, 5.41) is 11.1. The van der Waals surface area contributed by atoms with E-state index in [9.17, 15) is 14.7 Å². The zero-order valence-corrected chi connectivity index (χ0v) is 17.9. The van der Waals surface area contributed by atoms with Crippen molar-refractivity contribution >= 4 is 17.4 Å². The fourth-order valence-electron chi connectivity index (χ4n) is 3.60. The Morgan fingerprint density at radius 1 is 0.968 bits per heavy atom. The zero-order chi connectivity index (χ0) is 22.5. The van der Waals surface area contributed by atoms with Crippen LogP contribution >= 0.6 is 0 Å². The predicted octanol–water partition coefficient (Wildman–Crippen LogP) is 2.78. The number of nitrogens with zero attached hydrogens (tertiary/aromatic N) is 1. The molecule has 1 aliphatic heterocycles. The molecule has 1 atom stereocenters. The summed E-state index contributed by atoms with van der Waals surface area (Å²) in [6, 6.07) is 11.0. The molecule has 2 aromatic carbocycles. The molecule has 1 N–H and O–H groups in total. The second-order valence-corrected chi connectivity index (χ2v) is 6.83. The SMILES string of the molecule is COCCN1C(=O)C(=O)C(=C(O)c2cccc(OC)c2)C1c1ccc(OC)c(OC)c1. The molecular formula is C23H25NO7. The highest BCUT2D eigenvalue weighted by atomic mass is 16.5. The quantitative estimate of drug-likeness (QED) is 0.393. The number of benzene rings is 2. The first kappa shape index (κ1) is 22.2. The highest BCUT2D eigenvalue weighted by Gasteiger charge is 2.46. The van der Waals surface area contributed by atoms with Crippen LogP contribution in [0.5, 0.6) is 17.2 Å². The third kappa shape index (κ3) is 4.20. The van der Waals surface area contributed by atoms with E-state index in [2.05, 4.69) is 0 Å². The van der Waals surface area contributed by atoms with Gasteiger partial charge < -0.3 is 29.0 Å². The van der Waals surface area contributed by atoms with Gasteiger partial charge in [-0.15, -0.1) is 0 Å². The maximum atomic E-state index is 13.0. The molecule has 8 heteroatoms. The topological polar surface area (TPSA) is 94.5 Å². The summed E-state index contributed by atoms with van der Waals surface area (Å²) in [7, 11) is 6.04. The second-order valence-electron chi connectivity index (χ2n) is 6.83. The van der Waals surface area contributed by atoms with Crippen LogP contribution in [0, 0.1) is 0 Å². The van der Waals surface area contributed by atoms with Crippen molar-refractivity contribution in [2.24, 2.45) is 0 Å². The fourth-order valence-corrected chi connectivity index (χ4v) is 3.60. The fraction of sp³-hybridized carbons (Fsp3) is 0.304. The predicted molar refractivity (Wildman–Crippen MR) is 113 cm³/mol. The number of aliphatic hydroxyl groups excluding tert-OH is 1. The van der Waals surface area contributed by atoms with Crippen LogP contribution in [-0.2, 0) is 14.3 Å². The zero-order valence-electron chi connectivity index (χ0n) is 17.9. The van der Waals surface area contributed by atoms with Crippen LogP contribution in [0.15, 0.2) is 48.0 Å². The molecule has 0 spiro atoms. The molecule has 2 aromatic rings. The number of likely N-dealkylation sites (tertiary alicyclic amines) is 1. The highest BCUT2D eigenvalue weighted by Crippen LogP contribution is 2.42. The Kier molecular flexibility index (Phi) is 6.81. The van der Waals surface area contributed by atoms with Crippen LogP contribution in [-0.4, -0.2) is 63.3 Å². The summed E-state index contributed by atoms with van der Waals surface area (Å²) in [4.78, 5) is 27.2. The van der Waals surface area contributed by atoms with Crippen LogP contribution in [0.4, 0.5) is 0 Å². The molecule has 0 bridgehead atoms. The maximum Gasteiger partial charge on any atom is 0.295 e. The standard InChI is InChI=1S/C23H25NO7/c1-28-11-10-24-20(14-8-9-17(30-3)18(13-14)31-4)19(22(26)23(24)27)21(25)15-6-5-7-16(12-15)29-2/h5-9,12-13,20,25H,10-11H2,1-4H3. The largest absolute Gasteiger partial charge is 0.507 e. The lowest BCUT2D eigenvalue weighted by Gasteiger charge is -2.25. The van der Waals surface area contributed by atoms with Gasteiger partial charge in [0.15, 0.2) is 11.5 Å². The molecule has 1 amide bonds. The van der Waals surface area contributed by atoms with E-state index < -0.39 is 17.7 Å². The number of amides is 1. The number of methoxy groups -OCH3 is 4. The normalized spacial score (nSPS) is 17.7. The molecule has 0 aromatic heterocycles. The van der Waals surface area contributed by atoms with E-state index in [1.54, 1.807) is 42.5 Å². The summed E-state index contributed by atoms with van der Waals surface area (Å²) in [5.74, 6) is -0.290. The number of ketones is 1. The van der Waals surface area contributed by atoms with E-state index in [1.807, 2.05) is 0 Å². The number of ether oxygens (including phenoxy) is 4. The van der Waals surface area contributed by atoms with E-state index >= 15 is 0 Å². The highest BCUT2D eigenvalue weighted by molar-refractivity contribution is 6.46. The van der Waals surface area contributed by atoms with Gasteiger partial charge in [0.05, 0.1) is 39.6 Å². The maximum absolute atomic E-state index is 13.0. The number of rotatable bonds is 8. The summed E-state index contributed by atoms with van der Waals surface area (Å²) >= 11 is 0. The van der Waals surface area contributed by atoms with Gasteiger partial charge in [0.2, 0.25) is 0 Å². The number of hydrogen-bond acceptors (Lipinski definition) is 7. The number of Topliss-reactive ketones (excluding diaryl/α,β-unsaturated/α-hetero) is 1. The molecule has 1 saturated heterocycles. The third-order valence-electron chi connectivity index (χ3n) is 5.14. The van der Waals surface area contributed by atoms with Gasteiger partial charge >= 0.3 is 0 Å². The van der Waals surface area contributed by atoms with Gasteiger partial charge in [0.1, 0.15) is 11.5 Å². The van der Waals surface area contributed by atoms with Crippen molar-refractivity contribution in [3.63, 3.8) is 0 Å². The van der Waals surface area contributed by atoms with E-state index in [1.165, 1.54) is 33.3 Å². The van der Waals surface area contributed by atoms with Crippen molar-refractivity contribution in [2.45, 2.75) is 6.04 Å². The van der Waals surface area contributed by atoms with Gasteiger partial charge in [-0.05, 0) is 29.8 Å². The molecule has 3 rings (SSSR count). The van der Waals surface area contributed by atoms with Gasteiger partial charge in [-0.25, -0.2) is 0 Å². The summed E-state index contributed by atoms with van der Waals surface area (Å²) in [6.07, 6.45) is 0. The Morgan fingerprint density at radius 3 is 2.35 bits per heavy atom. The Labute approximate surface area is 180 Å². The molecule has 31 heavy (non-hydrogen) atoms. The van der Waals surface area contributed by atoms with E-state index in [-0.39, 0.29) is 24.5 Å². The second kappa shape index (κ2) is 9.53. The van der Waals surface area contributed by atoms with Gasteiger partial charge in [0, 0.05) is 19.2 Å². The Hall–Kier alpha value is -3.52. The number of carbonyl (C=O) groups excluding carboxylic acids is 2. The Morgan fingerprint density at radius 2 is 1.71 bits per heavy atom. The van der Waals surface area contributed by atoms with Crippen LogP contribution < -0.4 is 14.2 Å². The molecule has 8 nitrogen and oxygen atoms in total. The van der Waals surface area contributed by atoms with Crippen molar-refractivity contribution in [2.75, 3.05) is 41.6 Å². The van der Waals surface area contributed by atoms with Crippen molar-refractivity contribution < 1.29 is 33.6 Å². The van der Waals surface area contributed by atoms with Gasteiger partial charge in [-0.3, -0.25) is 9.59 Å². The molecular weight excluding hydrogens is 402 g/mol. The number of carbonyl (C=O) groups is 2. The minimum atomic E-state index is -0.818. The van der Waals surface area contributed by atoms with E-state index in [0.29, 0.717) is 28.4 Å². The van der Waals surface area contributed by atoms with Crippen molar-refractivity contribution in [1.29, 1.82) is 0 Å². The minimum absolute atomic E-state index is 0.0124. The lowest BCUT2D eigenvalue weighted by molar-refractivity contribution is -0.140.